The molecule has 44 heavy (non-hydrogen) atoms. The van der Waals surface area contributed by atoms with Crippen LogP contribution in [0.1, 0.15) is 187 Å². The summed E-state index contributed by atoms with van der Waals surface area (Å²) in [4.78, 5) is 2.27. The van der Waals surface area contributed by atoms with Crippen LogP contribution in [0.4, 0.5) is 0 Å². The van der Waals surface area contributed by atoms with Gasteiger partial charge in [0.05, 0.1) is 6.10 Å². The molecule has 0 aliphatic carbocycles. The summed E-state index contributed by atoms with van der Waals surface area (Å²) in [6.07, 6.45) is 54.8. The first-order valence-corrected chi connectivity index (χ1v) is 19.6. The second kappa shape index (κ2) is 38.1. The SMILES string of the molecule is CCCCC/C=C/C/C=C/CCCCCCCCC(CCCCCCCC/C=C/C/C=C/CCCCC)OCCCN(C)C. The molecule has 0 rings (SSSR count). The molecule has 0 heterocycles. The number of nitrogens with zero attached hydrogens (tertiary/aromatic N) is 1. The fraction of sp³-hybridized carbons (Fsp3) is 0.810. The van der Waals surface area contributed by atoms with E-state index in [-0.39, 0.29) is 0 Å². The minimum absolute atomic E-state index is 0.480. The summed E-state index contributed by atoms with van der Waals surface area (Å²) in [7, 11) is 4.32. The van der Waals surface area contributed by atoms with Gasteiger partial charge in [0.2, 0.25) is 0 Å². The minimum atomic E-state index is 0.480. The number of rotatable bonds is 35. The van der Waals surface area contributed by atoms with Crippen LogP contribution in [-0.2, 0) is 4.74 Å². The van der Waals surface area contributed by atoms with Crippen LogP contribution in [-0.4, -0.2) is 38.3 Å². The van der Waals surface area contributed by atoms with E-state index >= 15 is 0 Å². The third-order valence-electron chi connectivity index (χ3n) is 8.56. The highest BCUT2D eigenvalue weighted by molar-refractivity contribution is 4.93. The van der Waals surface area contributed by atoms with Crippen molar-refractivity contribution in [2.45, 2.75) is 193 Å². The summed E-state index contributed by atoms with van der Waals surface area (Å²) < 4.78 is 6.39. The van der Waals surface area contributed by atoms with E-state index in [4.69, 9.17) is 4.74 Å². The summed E-state index contributed by atoms with van der Waals surface area (Å²) in [5.41, 5.74) is 0. The minimum Gasteiger partial charge on any atom is -0.378 e. The van der Waals surface area contributed by atoms with Gasteiger partial charge in [0, 0.05) is 6.61 Å². The second-order valence-corrected chi connectivity index (χ2v) is 13.4. The van der Waals surface area contributed by atoms with Gasteiger partial charge < -0.3 is 9.64 Å². The quantitative estimate of drug-likeness (QED) is 0.0521. The van der Waals surface area contributed by atoms with Gasteiger partial charge in [-0.2, -0.15) is 0 Å². The number of ether oxygens (including phenoxy) is 1. The molecule has 0 fully saturated rings. The topological polar surface area (TPSA) is 12.5 Å². The summed E-state index contributed by atoms with van der Waals surface area (Å²) in [5, 5.41) is 0. The molecule has 0 aromatic rings. The first-order valence-electron chi connectivity index (χ1n) is 19.6. The Morgan fingerprint density at radius 2 is 0.795 bits per heavy atom. The van der Waals surface area contributed by atoms with Gasteiger partial charge in [-0.25, -0.2) is 0 Å². The van der Waals surface area contributed by atoms with Gasteiger partial charge in [0.1, 0.15) is 0 Å². The molecule has 0 radical (unpaired) electrons. The Balaban J connectivity index is 3.83. The molecule has 0 N–H and O–H groups in total. The lowest BCUT2D eigenvalue weighted by Gasteiger charge is -2.19. The zero-order valence-corrected chi connectivity index (χ0v) is 30.6. The molecular weight excluding hydrogens is 534 g/mol. The van der Waals surface area contributed by atoms with Crippen LogP contribution >= 0.6 is 0 Å². The molecule has 2 heteroatoms. The summed E-state index contributed by atoms with van der Waals surface area (Å²) >= 11 is 0. The van der Waals surface area contributed by atoms with Crippen LogP contribution in [0.3, 0.4) is 0 Å². The molecule has 0 aliphatic rings. The Bertz CT molecular complexity index is 598. The molecule has 258 valence electrons. The maximum Gasteiger partial charge on any atom is 0.0575 e. The first kappa shape index (κ1) is 42.9. The summed E-state index contributed by atoms with van der Waals surface area (Å²) in [6, 6.07) is 0. The van der Waals surface area contributed by atoms with Gasteiger partial charge in [-0.05, 0) is 104 Å². The number of hydrogen-bond donors (Lipinski definition) is 0. The van der Waals surface area contributed by atoms with Crippen molar-refractivity contribution in [1.82, 2.24) is 4.90 Å². The molecule has 0 spiro atoms. The maximum absolute atomic E-state index is 6.39. The van der Waals surface area contributed by atoms with Gasteiger partial charge in [-0.1, -0.05) is 152 Å². The van der Waals surface area contributed by atoms with Crippen LogP contribution in [0.2, 0.25) is 0 Å². The van der Waals surface area contributed by atoms with Crippen LogP contribution in [0.5, 0.6) is 0 Å². The van der Waals surface area contributed by atoms with Crippen molar-refractivity contribution >= 4 is 0 Å². The van der Waals surface area contributed by atoms with E-state index in [1.54, 1.807) is 0 Å². The van der Waals surface area contributed by atoms with Gasteiger partial charge in [-0.15, -0.1) is 0 Å². The molecule has 0 saturated carbocycles. The monoisotopic (exact) mass is 614 g/mol. The standard InChI is InChI=1S/C42H79NO/c1-5-7-9-11-13-15-17-19-21-23-25-27-29-31-33-35-38-42(44-41-37-40-43(3)4)39-36-34-32-30-28-26-24-22-20-18-16-14-12-10-8-6-2/h13-16,19-22,42H,5-12,17-18,23-41H2,1-4H3/b15-13+,16-14+,21-19+,22-20+. The molecule has 0 atom stereocenters. The van der Waals surface area contributed by atoms with Crippen LogP contribution in [0.25, 0.3) is 0 Å². The molecule has 0 unspecified atom stereocenters. The third-order valence-corrected chi connectivity index (χ3v) is 8.56. The molecule has 0 saturated heterocycles. The lowest BCUT2D eigenvalue weighted by Crippen LogP contribution is -2.18. The first-order chi connectivity index (χ1) is 21.7. The van der Waals surface area contributed by atoms with Crippen molar-refractivity contribution < 1.29 is 4.74 Å². The van der Waals surface area contributed by atoms with Gasteiger partial charge in [0.15, 0.2) is 0 Å². The Morgan fingerprint density at radius 3 is 1.18 bits per heavy atom. The average Bonchev–Trinajstić information content (AvgIpc) is 3.02. The molecule has 0 amide bonds. The molecule has 0 bridgehead atoms. The van der Waals surface area contributed by atoms with Crippen molar-refractivity contribution in [3.05, 3.63) is 48.6 Å². The number of hydrogen-bond acceptors (Lipinski definition) is 2. The van der Waals surface area contributed by atoms with E-state index in [1.165, 1.54) is 154 Å². The predicted octanol–water partition coefficient (Wildman–Crippen LogP) is 13.7. The van der Waals surface area contributed by atoms with E-state index in [2.05, 4.69) is 81.5 Å². The largest absolute Gasteiger partial charge is 0.378 e. The summed E-state index contributed by atoms with van der Waals surface area (Å²) in [5.74, 6) is 0. The number of unbranched alkanes of at least 4 members (excludes halogenated alkanes) is 18. The smallest absolute Gasteiger partial charge is 0.0575 e. The van der Waals surface area contributed by atoms with Crippen molar-refractivity contribution in [2.75, 3.05) is 27.2 Å². The van der Waals surface area contributed by atoms with Crippen molar-refractivity contribution in [3.63, 3.8) is 0 Å². The average molecular weight is 614 g/mol. The number of allylic oxidation sites excluding steroid dienone is 8. The Kier molecular flexibility index (Phi) is 37.1. The maximum atomic E-state index is 6.39. The zero-order chi connectivity index (χ0) is 32.0. The van der Waals surface area contributed by atoms with Gasteiger partial charge in [-0.3, -0.25) is 0 Å². The second-order valence-electron chi connectivity index (χ2n) is 13.4. The van der Waals surface area contributed by atoms with Crippen molar-refractivity contribution in [1.29, 1.82) is 0 Å². The van der Waals surface area contributed by atoms with Crippen LogP contribution in [0.15, 0.2) is 48.6 Å². The molecular formula is C42H79NO. The van der Waals surface area contributed by atoms with E-state index in [0.29, 0.717) is 6.10 Å². The van der Waals surface area contributed by atoms with Crippen LogP contribution in [0, 0.1) is 0 Å². The Hall–Kier alpha value is -1.12. The van der Waals surface area contributed by atoms with Crippen molar-refractivity contribution in [2.24, 2.45) is 0 Å². The fourth-order valence-electron chi connectivity index (χ4n) is 5.66. The highest BCUT2D eigenvalue weighted by Gasteiger charge is 2.09. The van der Waals surface area contributed by atoms with Crippen LogP contribution < -0.4 is 0 Å². The van der Waals surface area contributed by atoms with Gasteiger partial charge >= 0.3 is 0 Å². The normalized spacial score (nSPS) is 12.6. The van der Waals surface area contributed by atoms with E-state index in [1.807, 2.05) is 0 Å². The highest BCUT2D eigenvalue weighted by atomic mass is 16.5. The molecule has 2 nitrogen and oxygen atoms in total. The summed E-state index contributed by atoms with van der Waals surface area (Å²) in [6.45, 7) is 6.59. The Morgan fingerprint density at radius 1 is 0.432 bits per heavy atom. The zero-order valence-electron chi connectivity index (χ0n) is 30.6. The lowest BCUT2D eigenvalue weighted by atomic mass is 10.0. The fourth-order valence-corrected chi connectivity index (χ4v) is 5.66. The molecule has 0 aromatic heterocycles. The third kappa shape index (κ3) is 37.1. The highest BCUT2D eigenvalue weighted by Crippen LogP contribution is 2.18. The lowest BCUT2D eigenvalue weighted by molar-refractivity contribution is 0.0342. The Labute approximate surface area is 278 Å². The van der Waals surface area contributed by atoms with E-state index < -0.39 is 0 Å². The van der Waals surface area contributed by atoms with E-state index in [9.17, 15) is 0 Å². The molecule has 0 aliphatic heterocycles. The molecule has 0 aromatic carbocycles. The van der Waals surface area contributed by atoms with E-state index in [0.717, 1.165) is 32.4 Å². The van der Waals surface area contributed by atoms with Crippen molar-refractivity contribution in [3.8, 4) is 0 Å². The predicted molar refractivity (Wildman–Crippen MR) is 201 cm³/mol. The van der Waals surface area contributed by atoms with Gasteiger partial charge in [0.25, 0.3) is 0 Å².